The SMILES string of the molecule is CNC(c1ccc(C(F)(F)F)cc1)c1cc(C)nc(C)c1. The average Bonchev–Trinajstić information content (AvgIpc) is 2.38. The quantitative estimate of drug-likeness (QED) is 0.924. The van der Waals surface area contributed by atoms with Crippen molar-refractivity contribution in [3.63, 3.8) is 0 Å². The lowest BCUT2D eigenvalue weighted by atomic mass is 9.97. The molecule has 1 aromatic carbocycles. The van der Waals surface area contributed by atoms with Gasteiger partial charge in [0.2, 0.25) is 0 Å². The highest BCUT2D eigenvalue weighted by Gasteiger charge is 2.30. The second-order valence-corrected chi connectivity index (χ2v) is 5.02. The number of aryl methyl sites for hydroxylation is 2. The van der Waals surface area contributed by atoms with Crippen LogP contribution < -0.4 is 5.32 Å². The molecule has 0 saturated heterocycles. The lowest BCUT2D eigenvalue weighted by Crippen LogP contribution is -2.18. The lowest BCUT2D eigenvalue weighted by molar-refractivity contribution is -0.137. The predicted octanol–water partition coefficient (Wildman–Crippen LogP) is 4.03. The fraction of sp³-hybridized carbons (Fsp3) is 0.312. The van der Waals surface area contributed by atoms with Crippen molar-refractivity contribution in [2.24, 2.45) is 0 Å². The van der Waals surface area contributed by atoms with Crippen molar-refractivity contribution in [2.45, 2.75) is 26.1 Å². The molecule has 2 rings (SSSR count). The Labute approximate surface area is 122 Å². The Balaban J connectivity index is 2.37. The number of nitrogens with zero attached hydrogens (tertiary/aromatic N) is 1. The van der Waals surface area contributed by atoms with Gasteiger partial charge in [0, 0.05) is 11.4 Å². The third-order valence-corrected chi connectivity index (χ3v) is 3.30. The van der Waals surface area contributed by atoms with E-state index in [2.05, 4.69) is 10.3 Å². The molecule has 21 heavy (non-hydrogen) atoms. The van der Waals surface area contributed by atoms with E-state index in [0.717, 1.165) is 34.6 Å². The summed E-state index contributed by atoms with van der Waals surface area (Å²) in [6, 6.07) is 8.95. The molecule has 0 bridgehead atoms. The van der Waals surface area contributed by atoms with Crippen LogP contribution in [0.25, 0.3) is 0 Å². The Hall–Kier alpha value is -1.88. The van der Waals surface area contributed by atoms with Crippen LogP contribution in [0.2, 0.25) is 0 Å². The van der Waals surface area contributed by atoms with E-state index in [1.165, 1.54) is 12.1 Å². The van der Waals surface area contributed by atoms with Crippen molar-refractivity contribution in [2.75, 3.05) is 7.05 Å². The zero-order valence-corrected chi connectivity index (χ0v) is 12.1. The maximum atomic E-state index is 12.6. The third-order valence-electron chi connectivity index (χ3n) is 3.30. The fourth-order valence-corrected chi connectivity index (χ4v) is 2.42. The maximum absolute atomic E-state index is 12.6. The van der Waals surface area contributed by atoms with Gasteiger partial charge in [0.1, 0.15) is 0 Å². The number of nitrogens with one attached hydrogen (secondary N) is 1. The number of rotatable bonds is 3. The smallest absolute Gasteiger partial charge is 0.309 e. The van der Waals surface area contributed by atoms with Crippen LogP contribution in [0.4, 0.5) is 13.2 Å². The van der Waals surface area contributed by atoms with Crippen molar-refractivity contribution < 1.29 is 13.2 Å². The monoisotopic (exact) mass is 294 g/mol. The summed E-state index contributed by atoms with van der Waals surface area (Å²) in [6.07, 6.45) is -4.31. The standard InChI is InChI=1S/C16H17F3N2/c1-10-8-13(9-11(2)21-10)15(20-3)12-4-6-14(7-5-12)16(17,18)19/h4-9,15,20H,1-3H3. The molecule has 1 N–H and O–H groups in total. The number of hydrogen-bond acceptors (Lipinski definition) is 2. The van der Waals surface area contributed by atoms with E-state index >= 15 is 0 Å². The Morgan fingerprint density at radius 2 is 1.48 bits per heavy atom. The summed E-state index contributed by atoms with van der Waals surface area (Å²) in [6.45, 7) is 3.80. The van der Waals surface area contributed by atoms with E-state index in [4.69, 9.17) is 0 Å². The molecule has 0 radical (unpaired) electrons. The molecule has 0 aliphatic heterocycles. The van der Waals surface area contributed by atoms with Crippen LogP contribution in [0, 0.1) is 13.8 Å². The molecule has 2 nitrogen and oxygen atoms in total. The summed E-state index contributed by atoms with van der Waals surface area (Å²) in [7, 11) is 1.79. The van der Waals surface area contributed by atoms with Gasteiger partial charge in [-0.2, -0.15) is 13.2 Å². The second-order valence-electron chi connectivity index (χ2n) is 5.02. The van der Waals surface area contributed by atoms with Gasteiger partial charge >= 0.3 is 6.18 Å². The Morgan fingerprint density at radius 3 is 1.90 bits per heavy atom. The number of aromatic nitrogens is 1. The first-order valence-electron chi connectivity index (χ1n) is 6.61. The van der Waals surface area contributed by atoms with Crippen LogP contribution in [0.3, 0.4) is 0 Å². The van der Waals surface area contributed by atoms with Gasteiger partial charge in [-0.1, -0.05) is 12.1 Å². The van der Waals surface area contributed by atoms with Crippen LogP contribution in [-0.2, 0) is 6.18 Å². The molecular formula is C16H17F3N2. The summed E-state index contributed by atoms with van der Waals surface area (Å²) in [5.74, 6) is 0. The maximum Gasteiger partial charge on any atom is 0.416 e. The number of halogens is 3. The highest BCUT2D eigenvalue weighted by molar-refractivity contribution is 5.35. The molecule has 0 spiro atoms. The van der Waals surface area contributed by atoms with Gasteiger partial charge < -0.3 is 5.32 Å². The normalized spacial score (nSPS) is 13.2. The molecular weight excluding hydrogens is 277 g/mol. The average molecular weight is 294 g/mol. The molecule has 112 valence electrons. The van der Waals surface area contributed by atoms with Crippen molar-refractivity contribution in [1.82, 2.24) is 10.3 Å². The van der Waals surface area contributed by atoms with E-state index in [0.29, 0.717) is 0 Å². The Kier molecular flexibility index (Phi) is 4.32. The van der Waals surface area contributed by atoms with Crippen molar-refractivity contribution in [3.8, 4) is 0 Å². The molecule has 0 amide bonds. The van der Waals surface area contributed by atoms with E-state index < -0.39 is 11.7 Å². The first-order valence-corrected chi connectivity index (χ1v) is 6.61. The molecule has 1 unspecified atom stereocenters. The van der Waals surface area contributed by atoms with Crippen molar-refractivity contribution in [3.05, 3.63) is 64.5 Å². The summed E-state index contributed by atoms with van der Waals surface area (Å²) < 4.78 is 37.8. The van der Waals surface area contributed by atoms with E-state index in [-0.39, 0.29) is 6.04 Å². The van der Waals surface area contributed by atoms with E-state index in [9.17, 15) is 13.2 Å². The van der Waals surface area contributed by atoms with Crippen LogP contribution in [0.1, 0.15) is 34.1 Å². The molecule has 1 heterocycles. The van der Waals surface area contributed by atoms with E-state index in [1.54, 1.807) is 7.05 Å². The summed E-state index contributed by atoms with van der Waals surface area (Å²) in [5, 5.41) is 3.14. The number of benzene rings is 1. The third kappa shape index (κ3) is 3.61. The summed E-state index contributed by atoms with van der Waals surface area (Å²) in [5.41, 5.74) is 2.91. The van der Waals surface area contributed by atoms with Crippen LogP contribution in [0.5, 0.6) is 0 Å². The highest BCUT2D eigenvalue weighted by atomic mass is 19.4. The van der Waals surface area contributed by atoms with Gasteiger partial charge in [-0.05, 0) is 56.3 Å². The molecule has 1 atom stereocenters. The van der Waals surface area contributed by atoms with Gasteiger partial charge in [0.05, 0.1) is 11.6 Å². The molecule has 2 aromatic rings. The Morgan fingerprint density at radius 1 is 0.952 bits per heavy atom. The van der Waals surface area contributed by atoms with Gasteiger partial charge in [-0.15, -0.1) is 0 Å². The van der Waals surface area contributed by atoms with E-state index in [1.807, 2.05) is 26.0 Å². The summed E-state index contributed by atoms with van der Waals surface area (Å²) >= 11 is 0. The minimum Gasteiger partial charge on any atom is -0.309 e. The fourth-order valence-electron chi connectivity index (χ4n) is 2.42. The minimum absolute atomic E-state index is 0.160. The zero-order chi connectivity index (χ0) is 15.6. The van der Waals surface area contributed by atoms with Crippen LogP contribution >= 0.6 is 0 Å². The molecule has 5 heteroatoms. The predicted molar refractivity (Wildman–Crippen MR) is 76.1 cm³/mol. The Bertz CT molecular complexity index is 598. The van der Waals surface area contributed by atoms with Gasteiger partial charge in [0.15, 0.2) is 0 Å². The van der Waals surface area contributed by atoms with Gasteiger partial charge in [0.25, 0.3) is 0 Å². The molecule has 0 aliphatic carbocycles. The van der Waals surface area contributed by atoms with Gasteiger partial charge in [-0.25, -0.2) is 0 Å². The number of alkyl halides is 3. The van der Waals surface area contributed by atoms with Crippen molar-refractivity contribution in [1.29, 1.82) is 0 Å². The largest absolute Gasteiger partial charge is 0.416 e. The minimum atomic E-state index is -4.31. The number of hydrogen-bond donors (Lipinski definition) is 1. The lowest BCUT2D eigenvalue weighted by Gasteiger charge is -2.19. The topological polar surface area (TPSA) is 24.9 Å². The van der Waals surface area contributed by atoms with Crippen LogP contribution in [0.15, 0.2) is 36.4 Å². The van der Waals surface area contributed by atoms with Gasteiger partial charge in [-0.3, -0.25) is 4.98 Å². The molecule has 0 fully saturated rings. The summed E-state index contributed by atoms with van der Waals surface area (Å²) in [4.78, 5) is 4.31. The molecule has 1 aromatic heterocycles. The highest BCUT2D eigenvalue weighted by Crippen LogP contribution is 2.31. The first-order chi connectivity index (χ1) is 9.81. The molecule has 0 aliphatic rings. The molecule has 0 saturated carbocycles. The zero-order valence-electron chi connectivity index (χ0n) is 12.1. The van der Waals surface area contributed by atoms with Crippen LogP contribution in [-0.4, -0.2) is 12.0 Å². The van der Waals surface area contributed by atoms with Crippen molar-refractivity contribution >= 4 is 0 Å². The first kappa shape index (κ1) is 15.5. The number of pyridine rings is 1. The second kappa shape index (κ2) is 5.85.